The summed E-state index contributed by atoms with van der Waals surface area (Å²) >= 11 is 0.993. The number of benzene rings is 1. The van der Waals surface area contributed by atoms with Gasteiger partial charge in [0.25, 0.3) is 10.0 Å². The van der Waals surface area contributed by atoms with E-state index in [0.717, 1.165) is 15.6 Å². The minimum absolute atomic E-state index is 0.0183. The first kappa shape index (κ1) is 19.5. The molecule has 2 aromatic rings. The van der Waals surface area contributed by atoms with E-state index < -0.39 is 26.0 Å². The van der Waals surface area contributed by atoms with Gasteiger partial charge in [0.1, 0.15) is 4.21 Å². The number of hydrogen-bond acceptors (Lipinski definition) is 6. The van der Waals surface area contributed by atoms with E-state index in [1.807, 2.05) is 0 Å². The van der Waals surface area contributed by atoms with Crippen molar-refractivity contribution in [3.8, 4) is 0 Å². The highest BCUT2D eigenvalue weighted by Crippen LogP contribution is 2.24. The van der Waals surface area contributed by atoms with Crippen molar-refractivity contribution < 1.29 is 21.6 Å². The second kappa shape index (κ2) is 7.22. The molecule has 1 amide bonds. The van der Waals surface area contributed by atoms with Crippen molar-refractivity contribution in [1.82, 2.24) is 9.03 Å². The van der Waals surface area contributed by atoms with E-state index in [1.54, 1.807) is 6.07 Å². The molecule has 0 bridgehead atoms. The summed E-state index contributed by atoms with van der Waals surface area (Å²) in [6, 6.07) is 8.19. The average Bonchev–Trinajstić information content (AvgIpc) is 3.03. The van der Waals surface area contributed by atoms with E-state index in [-0.39, 0.29) is 21.2 Å². The Morgan fingerprint density at radius 1 is 1.08 bits per heavy atom. The third-order valence-corrected chi connectivity index (χ3v) is 8.04. The first-order valence-corrected chi connectivity index (χ1v) is 10.7. The minimum Gasteiger partial charge on any atom is -0.366 e. The van der Waals surface area contributed by atoms with Gasteiger partial charge in [0, 0.05) is 31.1 Å². The van der Waals surface area contributed by atoms with Crippen LogP contribution in [0.1, 0.15) is 15.2 Å². The summed E-state index contributed by atoms with van der Waals surface area (Å²) in [6.45, 7) is -0.0481. The number of carbonyl (C=O) groups excluding carboxylic acids is 1. The van der Waals surface area contributed by atoms with E-state index in [2.05, 4.69) is 4.72 Å². The van der Waals surface area contributed by atoms with E-state index in [1.165, 1.54) is 44.4 Å². The number of amides is 1. The molecule has 0 saturated carbocycles. The molecule has 0 atom stereocenters. The van der Waals surface area contributed by atoms with Crippen LogP contribution in [0.3, 0.4) is 0 Å². The lowest BCUT2D eigenvalue weighted by Gasteiger charge is -2.08. The number of thiophene rings is 1. The van der Waals surface area contributed by atoms with E-state index in [0.29, 0.717) is 4.88 Å². The lowest BCUT2D eigenvalue weighted by molar-refractivity contribution is 0.1000. The summed E-state index contributed by atoms with van der Waals surface area (Å²) in [7, 11) is -4.50. The van der Waals surface area contributed by atoms with Crippen LogP contribution in [0, 0.1) is 0 Å². The average molecular weight is 404 g/mol. The standard InChI is InChI=1S/C14H17N3O5S3/c1-17(2)25(21,22)13-8-5-11(23-13)9-16-24(19,20)12-6-3-10(4-7-12)14(15)18/h3-8,16H,9H2,1-2H3,(H2,15,18). The topological polar surface area (TPSA) is 127 Å². The van der Waals surface area contributed by atoms with Crippen molar-refractivity contribution in [2.24, 2.45) is 5.73 Å². The summed E-state index contributed by atoms with van der Waals surface area (Å²) in [5, 5.41) is 0. The predicted molar refractivity (Wildman–Crippen MR) is 94.2 cm³/mol. The second-order valence-corrected chi connectivity index (χ2v) is 10.5. The number of hydrogen-bond donors (Lipinski definition) is 2. The largest absolute Gasteiger partial charge is 0.366 e. The third kappa shape index (κ3) is 4.44. The molecule has 0 aliphatic carbocycles. The Kier molecular flexibility index (Phi) is 5.64. The van der Waals surface area contributed by atoms with E-state index >= 15 is 0 Å². The van der Waals surface area contributed by atoms with Crippen molar-refractivity contribution in [3.63, 3.8) is 0 Å². The van der Waals surface area contributed by atoms with Crippen molar-refractivity contribution in [1.29, 1.82) is 0 Å². The van der Waals surface area contributed by atoms with Crippen LogP contribution in [0.5, 0.6) is 0 Å². The van der Waals surface area contributed by atoms with Gasteiger partial charge in [-0.05, 0) is 36.4 Å². The highest BCUT2D eigenvalue weighted by atomic mass is 32.2. The zero-order chi connectivity index (χ0) is 18.8. The number of sulfonamides is 2. The second-order valence-electron chi connectivity index (χ2n) is 5.22. The molecule has 3 N–H and O–H groups in total. The summed E-state index contributed by atoms with van der Waals surface area (Å²) in [4.78, 5) is 11.5. The molecule has 25 heavy (non-hydrogen) atoms. The molecular weight excluding hydrogens is 386 g/mol. The van der Waals surface area contributed by atoms with Gasteiger partial charge in [0.15, 0.2) is 0 Å². The zero-order valence-corrected chi connectivity index (χ0v) is 15.9. The van der Waals surface area contributed by atoms with Crippen LogP contribution in [-0.2, 0) is 26.6 Å². The fourth-order valence-corrected chi connectivity index (χ4v) is 5.38. The quantitative estimate of drug-likeness (QED) is 0.699. The highest BCUT2D eigenvalue weighted by molar-refractivity contribution is 7.91. The SMILES string of the molecule is CN(C)S(=O)(=O)c1ccc(CNS(=O)(=O)c2ccc(C(N)=O)cc2)s1. The molecule has 2 rings (SSSR count). The molecule has 0 unspecified atom stereocenters. The number of nitrogens with zero attached hydrogens (tertiary/aromatic N) is 1. The molecule has 0 radical (unpaired) electrons. The maximum Gasteiger partial charge on any atom is 0.252 e. The first-order valence-electron chi connectivity index (χ1n) is 6.95. The Morgan fingerprint density at radius 2 is 1.68 bits per heavy atom. The van der Waals surface area contributed by atoms with Crippen molar-refractivity contribution in [3.05, 3.63) is 46.8 Å². The maximum atomic E-state index is 12.2. The predicted octanol–water partition coefficient (Wildman–Crippen LogP) is 0.576. The Morgan fingerprint density at radius 3 is 2.20 bits per heavy atom. The zero-order valence-electron chi connectivity index (χ0n) is 13.5. The van der Waals surface area contributed by atoms with Gasteiger partial charge in [-0.1, -0.05) is 0 Å². The molecule has 0 aliphatic heterocycles. The summed E-state index contributed by atoms with van der Waals surface area (Å²) in [6.07, 6.45) is 0. The van der Waals surface area contributed by atoms with Gasteiger partial charge in [-0.25, -0.2) is 25.9 Å². The lowest BCUT2D eigenvalue weighted by atomic mass is 10.2. The molecule has 11 heteroatoms. The molecule has 0 aliphatic rings. The van der Waals surface area contributed by atoms with Gasteiger partial charge >= 0.3 is 0 Å². The lowest BCUT2D eigenvalue weighted by Crippen LogP contribution is -2.23. The van der Waals surface area contributed by atoms with E-state index in [9.17, 15) is 21.6 Å². The van der Waals surface area contributed by atoms with Crippen LogP contribution >= 0.6 is 11.3 Å². The fourth-order valence-electron chi connectivity index (χ4n) is 1.82. The molecule has 1 aromatic heterocycles. The number of carbonyl (C=O) groups is 1. The number of nitrogens with two attached hydrogens (primary N) is 1. The molecule has 1 aromatic carbocycles. The van der Waals surface area contributed by atoms with Gasteiger partial charge < -0.3 is 5.73 Å². The monoisotopic (exact) mass is 403 g/mol. The van der Waals surface area contributed by atoms with E-state index in [4.69, 9.17) is 5.73 Å². The molecule has 0 spiro atoms. The highest BCUT2D eigenvalue weighted by Gasteiger charge is 2.20. The van der Waals surface area contributed by atoms with Gasteiger partial charge in [-0.2, -0.15) is 0 Å². The number of primary amides is 1. The van der Waals surface area contributed by atoms with Gasteiger partial charge in [0.2, 0.25) is 15.9 Å². The Hall–Kier alpha value is -1.79. The van der Waals surface area contributed by atoms with Gasteiger partial charge in [-0.15, -0.1) is 11.3 Å². The molecule has 1 heterocycles. The molecule has 8 nitrogen and oxygen atoms in total. The number of nitrogens with one attached hydrogen (secondary N) is 1. The van der Waals surface area contributed by atoms with Crippen LogP contribution in [0.15, 0.2) is 45.5 Å². The minimum atomic E-state index is -3.80. The smallest absolute Gasteiger partial charge is 0.252 e. The molecule has 136 valence electrons. The summed E-state index contributed by atoms with van der Waals surface area (Å²) < 4.78 is 52.1. The normalized spacial score (nSPS) is 12.4. The maximum absolute atomic E-state index is 12.2. The Balaban J connectivity index is 2.13. The van der Waals surface area contributed by atoms with Gasteiger partial charge in [0.05, 0.1) is 4.90 Å². The van der Waals surface area contributed by atoms with Crippen LogP contribution in [-0.4, -0.2) is 41.1 Å². The Labute approximate surface area is 150 Å². The first-order chi connectivity index (χ1) is 11.5. The van der Waals surface area contributed by atoms with Crippen LogP contribution in [0.25, 0.3) is 0 Å². The van der Waals surface area contributed by atoms with Crippen molar-refractivity contribution in [2.45, 2.75) is 15.6 Å². The molecule has 0 saturated heterocycles. The van der Waals surface area contributed by atoms with Gasteiger partial charge in [-0.3, -0.25) is 4.79 Å². The fraction of sp³-hybridized carbons (Fsp3) is 0.214. The van der Waals surface area contributed by atoms with Crippen LogP contribution < -0.4 is 10.5 Å². The van der Waals surface area contributed by atoms with Crippen molar-refractivity contribution in [2.75, 3.05) is 14.1 Å². The number of rotatable bonds is 7. The summed E-state index contributed by atoms with van der Waals surface area (Å²) in [5.41, 5.74) is 5.32. The van der Waals surface area contributed by atoms with Crippen molar-refractivity contribution >= 4 is 37.3 Å². The van der Waals surface area contributed by atoms with Crippen LogP contribution in [0.4, 0.5) is 0 Å². The third-order valence-electron chi connectivity index (χ3n) is 3.26. The summed E-state index contributed by atoms with van der Waals surface area (Å²) in [5.74, 6) is -0.648. The Bertz CT molecular complexity index is 977. The molecule has 0 fully saturated rings. The van der Waals surface area contributed by atoms with Crippen LogP contribution in [0.2, 0.25) is 0 Å². The molecular formula is C14H17N3O5S3.